The van der Waals surface area contributed by atoms with Gasteiger partial charge in [-0.2, -0.15) is 0 Å². The molecule has 0 N–H and O–H groups in total. The number of rotatable bonds is 6. The van der Waals surface area contributed by atoms with Gasteiger partial charge in [-0.1, -0.05) is 54.1 Å². The Balaban J connectivity index is 1.86. The molecule has 3 aromatic carbocycles. The Hall–Kier alpha value is -3.38. The molecule has 0 radical (unpaired) electrons. The summed E-state index contributed by atoms with van der Waals surface area (Å²) in [4.78, 5) is 11.5. The van der Waals surface area contributed by atoms with Gasteiger partial charge >= 0.3 is 5.97 Å². The number of hydrogen-bond donors (Lipinski definition) is 0. The summed E-state index contributed by atoms with van der Waals surface area (Å²) < 4.78 is 33.1. The molecule has 0 aliphatic carbocycles. The van der Waals surface area contributed by atoms with Crippen LogP contribution in [0, 0.1) is 6.92 Å². The maximum Gasteiger partial charge on any atom is 0.302 e. The maximum absolute atomic E-state index is 13.3. The van der Waals surface area contributed by atoms with E-state index in [1.54, 1.807) is 30.5 Å². The van der Waals surface area contributed by atoms with Crippen molar-refractivity contribution in [3.8, 4) is 11.1 Å². The number of fused-ring (bicyclic) bond motifs is 1. The lowest BCUT2D eigenvalue weighted by Gasteiger charge is -2.14. The fraction of sp³-hybridized carbons (Fsp3) is 0.160. The van der Waals surface area contributed by atoms with Crippen LogP contribution in [0.15, 0.2) is 83.9 Å². The standard InChI is InChI=1S/C25H23NO4S/c1-18-8-10-21(11-9-18)31(28,29)26-16-14-24-23(15-17-30-19(2)27)22(12-13-25(24)26)20-6-4-3-5-7-20/h3-14,16H,15,17H2,1-2H3. The number of aromatic nitrogens is 1. The summed E-state index contributed by atoms with van der Waals surface area (Å²) in [5, 5.41) is 0.823. The molecule has 4 rings (SSSR count). The molecule has 0 unspecified atom stereocenters. The number of benzene rings is 3. The van der Waals surface area contributed by atoms with Crippen molar-refractivity contribution in [3.63, 3.8) is 0 Å². The minimum Gasteiger partial charge on any atom is -0.466 e. The molecule has 5 nitrogen and oxygen atoms in total. The van der Waals surface area contributed by atoms with Crippen molar-refractivity contribution >= 4 is 26.9 Å². The summed E-state index contributed by atoms with van der Waals surface area (Å²) in [5.41, 5.74) is 4.56. The van der Waals surface area contributed by atoms with E-state index >= 15 is 0 Å². The summed E-state index contributed by atoms with van der Waals surface area (Å²) in [6.07, 6.45) is 2.07. The smallest absolute Gasteiger partial charge is 0.302 e. The molecule has 0 fully saturated rings. The van der Waals surface area contributed by atoms with E-state index in [2.05, 4.69) is 0 Å². The molecule has 158 valence electrons. The van der Waals surface area contributed by atoms with E-state index in [0.717, 1.165) is 27.6 Å². The summed E-state index contributed by atoms with van der Waals surface area (Å²) in [5.74, 6) is -0.340. The summed E-state index contributed by atoms with van der Waals surface area (Å²) in [6, 6.07) is 22.3. The van der Waals surface area contributed by atoms with Gasteiger partial charge < -0.3 is 4.74 Å². The van der Waals surface area contributed by atoms with Crippen molar-refractivity contribution in [2.75, 3.05) is 6.61 Å². The fourth-order valence-corrected chi connectivity index (χ4v) is 5.09. The molecule has 0 saturated heterocycles. The highest BCUT2D eigenvalue weighted by molar-refractivity contribution is 7.90. The minimum atomic E-state index is -3.74. The average molecular weight is 434 g/mol. The van der Waals surface area contributed by atoms with Gasteiger partial charge in [-0.3, -0.25) is 4.79 Å². The molecule has 31 heavy (non-hydrogen) atoms. The van der Waals surface area contributed by atoms with Crippen LogP contribution in [0.4, 0.5) is 0 Å². The van der Waals surface area contributed by atoms with E-state index < -0.39 is 10.0 Å². The van der Waals surface area contributed by atoms with Crippen LogP contribution in [0.25, 0.3) is 22.0 Å². The lowest BCUT2D eigenvalue weighted by Crippen LogP contribution is -2.12. The van der Waals surface area contributed by atoms with Gasteiger partial charge in [0.05, 0.1) is 17.0 Å². The van der Waals surface area contributed by atoms with E-state index in [4.69, 9.17) is 4.74 Å². The molecule has 0 aliphatic heterocycles. The zero-order chi connectivity index (χ0) is 22.0. The Morgan fingerprint density at radius 3 is 2.32 bits per heavy atom. The molecule has 0 bridgehead atoms. The number of carbonyl (C=O) groups is 1. The SMILES string of the molecule is CC(=O)OCCc1c(-c2ccccc2)ccc2c1ccn2S(=O)(=O)c1ccc(C)cc1. The first-order chi connectivity index (χ1) is 14.9. The van der Waals surface area contributed by atoms with Crippen LogP contribution in [0.5, 0.6) is 0 Å². The molecule has 0 saturated carbocycles. The Bertz CT molecular complexity index is 1340. The third-order valence-corrected chi connectivity index (χ3v) is 6.97. The van der Waals surface area contributed by atoms with Gasteiger partial charge in [-0.25, -0.2) is 12.4 Å². The Labute approximate surface area is 182 Å². The number of aryl methyl sites for hydroxylation is 1. The van der Waals surface area contributed by atoms with Crippen molar-refractivity contribution in [2.24, 2.45) is 0 Å². The second-order valence-corrected chi connectivity index (χ2v) is 9.23. The first-order valence-electron chi connectivity index (χ1n) is 10.0. The quantitative estimate of drug-likeness (QED) is 0.403. The summed E-state index contributed by atoms with van der Waals surface area (Å²) in [7, 11) is -3.74. The third-order valence-electron chi connectivity index (χ3n) is 5.27. The predicted molar refractivity (Wildman–Crippen MR) is 121 cm³/mol. The van der Waals surface area contributed by atoms with Crippen LogP contribution in [-0.4, -0.2) is 25.0 Å². The average Bonchev–Trinajstić information content (AvgIpc) is 3.20. The zero-order valence-corrected chi connectivity index (χ0v) is 18.2. The molecule has 4 aromatic rings. The van der Waals surface area contributed by atoms with Crippen LogP contribution >= 0.6 is 0 Å². The number of ether oxygens (including phenoxy) is 1. The van der Waals surface area contributed by atoms with Gasteiger partial charge in [0.15, 0.2) is 0 Å². The highest BCUT2D eigenvalue weighted by atomic mass is 32.2. The normalized spacial score (nSPS) is 11.5. The highest BCUT2D eigenvalue weighted by Gasteiger charge is 2.21. The second-order valence-electron chi connectivity index (χ2n) is 7.41. The van der Waals surface area contributed by atoms with Crippen LogP contribution in [0.2, 0.25) is 0 Å². The first-order valence-corrected chi connectivity index (χ1v) is 11.5. The molecule has 0 spiro atoms. The molecular weight excluding hydrogens is 410 g/mol. The molecular formula is C25H23NO4S. The van der Waals surface area contributed by atoms with Gasteiger partial charge in [0, 0.05) is 24.9 Å². The maximum atomic E-state index is 13.3. The van der Waals surface area contributed by atoms with Gasteiger partial charge in [0.2, 0.25) is 0 Å². The molecule has 0 atom stereocenters. The van der Waals surface area contributed by atoms with Gasteiger partial charge in [0.25, 0.3) is 10.0 Å². The van der Waals surface area contributed by atoms with Gasteiger partial charge in [-0.05, 0) is 47.9 Å². The van der Waals surface area contributed by atoms with Crippen molar-refractivity contribution in [2.45, 2.75) is 25.2 Å². The van der Waals surface area contributed by atoms with Gasteiger partial charge in [-0.15, -0.1) is 0 Å². The third kappa shape index (κ3) is 4.11. The monoisotopic (exact) mass is 433 g/mol. The number of esters is 1. The summed E-state index contributed by atoms with van der Waals surface area (Å²) >= 11 is 0. The lowest BCUT2D eigenvalue weighted by molar-refractivity contribution is -0.140. The fourth-order valence-electron chi connectivity index (χ4n) is 3.74. The van der Waals surface area contributed by atoms with Crippen molar-refractivity contribution in [1.29, 1.82) is 0 Å². The van der Waals surface area contributed by atoms with E-state index in [1.807, 2.05) is 55.5 Å². The molecule has 0 amide bonds. The first kappa shape index (κ1) is 20.9. The predicted octanol–water partition coefficient (Wildman–Crippen LogP) is 4.96. The topological polar surface area (TPSA) is 65.4 Å². The molecule has 1 heterocycles. The van der Waals surface area contributed by atoms with Crippen LogP contribution < -0.4 is 0 Å². The zero-order valence-electron chi connectivity index (χ0n) is 17.4. The van der Waals surface area contributed by atoms with E-state index in [9.17, 15) is 13.2 Å². The molecule has 0 aliphatic rings. The molecule has 6 heteroatoms. The highest BCUT2D eigenvalue weighted by Crippen LogP contribution is 2.33. The number of nitrogens with zero attached hydrogens (tertiary/aromatic N) is 1. The van der Waals surface area contributed by atoms with Crippen molar-refractivity contribution in [3.05, 3.63) is 90.1 Å². The van der Waals surface area contributed by atoms with Crippen LogP contribution in [0.3, 0.4) is 0 Å². The van der Waals surface area contributed by atoms with E-state index in [1.165, 1.54) is 10.9 Å². The van der Waals surface area contributed by atoms with Gasteiger partial charge in [0.1, 0.15) is 0 Å². The molecule has 1 aromatic heterocycles. The number of hydrogen-bond acceptors (Lipinski definition) is 4. The minimum absolute atomic E-state index is 0.226. The van der Waals surface area contributed by atoms with Crippen LogP contribution in [0.1, 0.15) is 18.1 Å². The Morgan fingerprint density at radius 1 is 0.935 bits per heavy atom. The lowest BCUT2D eigenvalue weighted by atomic mass is 9.95. The Kier molecular flexibility index (Phi) is 5.65. The van der Waals surface area contributed by atoms with E-state index in [0.29, 0.717) is 11.9 Å². The van der Waals surface area contributed by atoms with E-state index in [-0.39, 0.29) is 17.5 Å². The number of carbonyl (C=O) groups excluding carboxylic acids is 1. The van der Waals surface area contributed by atoms with Crippen molar-refractivity contribution in [1.82, 2.24) is 3.97 Å². The van der Waals surface area contributed by atoms with Crippen molar-refractivity contribution < 1.29 is 17.9 Å². The Morgan fingerprint density at radius 2 is 1.65 bits per heavy atom. The summed E-state index contributed by atoms with van der Waals surface area (Å²) in [6.45, 7) is 3.52. The largest absolute Gasteiger partial charge is 0.466 e. The van der Waals surface area contributed by atoms with Crippen LogP contribution in [-0.2, 0) is 26.0 Å². The second kappa shape index (κ2) is 8.40.